The van der Waals surface area contributed by atoms with Crippen molar-refractivity contribution in [3.8, 4) is 17.2 Å². The third kappa shape index (κ3) is 5.43. The van der Waals surface area contributed by atoms with Crippen LogP contribution in [0.4, 0.5) is 0 Å². The quantitative estimate of drug-likeness (QED) is 0.691. The number of piperidine rings is 1. The average Bonchev–Trinajstić information content (AvgIpc) is 2.78. The molecule has 0 aromatic heterocycles. The number of nitrogens with one attached hydrogen (secondary N) is 1. The van der Waals surface area contributed by atoms with Crippen molar-refractivity contribution in [3.05, 3.63) is 53.1 Å². The first kappa shape index (κ1) is 21.9. The highest BCUT2D eigenvalue weighted by molar-refractivity contribution is 5.97. The topological polar surface area (TPSA) is 80.3 Å². The van der Waals surface area contributed by atoms with Crippen molar-refractivity contribution < 1.29 is 24.1 Å². The lowest BCUT2D eigenvalue weighted by Crippen LogP contribution is -2.35. The van der Waals surface area contributed by atoms with Crippen LogP contribution in [0.25, 0.3) is 0 Å². The van der Waals surface area contributed by atoms with E-state index in [1.54, 1.807) is 12.1 Å². The highest BCUT2D eigenvalue weighted by Gasteiger charge is 2.18. The maximum Gasteiger partial charge on any atom is 0.255 e. The molecule has 2 N–H and O–H groups in total. The monoisotopic (exact) mass is 414 g/mol. The van der Waals surface area contributed by atoms with E-state index in [0.29, 0.717) is 29.4 Å². The minimum absolute atomic E-state index is 0.156. The van der Waals surface area contributed by atoms with E-state index in [1.807, 2.05) is 12.1 Å². The van der Waals surface area contributed by atoms with E-state index < -0.39 is 0 Å². The average molecular weight is 415 g/mol. The Morgan fingerprint density at radius 3 is 2.13 bits per heavy atom. The number of carbonyl (C=O) groups excluding carboxylic acids is 1. The number of aliphatic hydroxyl groups excluding tert-OH is 1. The maximum absolute atomic E-state index is 12.7. The van der Waals surface area contributed by atoms with E-state index in [1.165, 1.54) is 26.9 Å². The lowest BCUT2D eigenvalue weighted by Gasteiger charge is -2.29. The molecule has 0 aliphatic carbocycles. The molecule has 0 spiro atoms. The van der Waals surface area contributed by atoms with Gasteiger partial charge < -0.3 is 24.6 Å². The first-order chi connectivity index (χ1) is 14.5. The molecule has 0 saturated carbocycles. The summed E-state index contributed by atoms with van der Waals surface area (Å²) in [4.78, 5) is 15.1. The number of hydrogen-bond donors (Lipinski definition) is 2. The van der Waals surface area contributed by atoms with Gasteiger partial charge in [-0.15, -0.1) is 0 Å². The van der Waals surface area contributed by atoms with Gasteiger partial charge in [0.2, 0.25) is 0 Å². The predicted molar refractivity (Wildman–Crippen MR) is 114 cm³/mol. The van der Waals surface area contributed by atoms with Gasteiger partial charge >= 0.3 is 0 Å². The number of rotatable bonds is 8. The van der Waals surface area contributed by atoms with Crippen molar-refractivity contribution in [2.24, 2.45) is 0 Å². The van der Waals surface area contributed by atoms with Crippen molar-refractivity contribution in [3.63, 3.8) is 0 Å². The molecule has 1 amide bonds. The van der Waals surface area contributed by atoms with Crippen molar-refractivity contribution >= 4 is 5.91 Å². The van der Waals surface area contributed by atoms with Crippen LogP contribution in [0.2, 0.25) is 0 Å². The Bertz CT molecular complexity index is 845. The van der Waals surface area contributed by atoms with Crippen molar-refractivity contribution in [2.75, 3.05) is 34.4 Å². The van der Waals surface area contributed by atoms with Gasteiger partial charge in [0.15, 0.2) is 11.5 Å². The summed E-state index contributed by atoms with van der Waals surface area (Å²) in [6.45, 7) is 3.13. The van der Waals surface area contributed by atoms with Gasteiger partial charge in [-0.1, -0.05) is 24.3 Å². The Morgan fingerprint density at radius 1 is 0.967 bits per heavy atom. The Kier molecular flexibility index (Phi) is 7.54. The van der Waals surface area contributed by atoms with Crippen LogP contribution in [0.3, 0.4) is 0 Å². The van der Waals surface area contributed by atoms with Gasteiger partial charge in [-0.3, -0.25) is 9.69 Å². The summed E-state index contributed by atoms with van der Waals surface area (Å²) in [5.74, 6) is 1.15. The highest BCUT2D eigenvalue weighted by atomic mass is 16.5. The Balaban J connectivity index is 1.59. The van der Waals surface area contributed by atoms with Crippen LogP contribution in [0, 0.1) is 0 Å². The lowest BCUT2D eigenvalue weighted by molar-refractivity contribution is 0.0792. The second-order valence-corrected chi connectivity index (χ2v) is 7.41. The van der Waals surface area contributed by atoms with Gasteiger partial charge in [-0.2, -0.15) is 0 Å². The van der Waals surface area contributed by atoms with Crippen LogP contribution in [0.1, 0.15) is 34.3 Å². The number of carbonyl (C=O) groups is 1. The second kappa shape index (κ2) is 10.3. The number of amides is 1. The predicted octanol–water partition coefficient (Wildman–Crippen LogP) is 2.60. The molecule has 30 heavy (non-hydrogen) atoms. The van der Waals surface area contributed by atoms with Crippen LogP contribution in [-0.4, -0.2) is 56.4 Å². The minimum Gasteiger partial charge on any atom is -0.496 e. The molecule has 162 valence electrons. The van der Waals surface area contributed by atoms with Gasteiger partial charge in [0, 0.05) is 38.3 Å². The first-order valence-corrected chi connectivity index (χ1v) is 10.1. The number of likely N-dealkylation sites (tertiary alicyclic amines) is 1. The summed E-state index contributed by atoms with van der Waals surface area (Å²) in [6, 6.07) is 11.5. The van der Waals surface area contributed by atoms with Gasteiger partial charge in [0.25, 0.3) is 5.91 Å². The zero-order valence-electron chi connectivity index (χ0n) is 17.8. The number of nitrogens with zero attached hydrogens (tertiary/aromatic N) is 1. The summed E-state index contributed by atoms with van der Waals surface area (Å²) in [7, 11) is 4.58. The SMILES string of the molecule is COc1cc(OC)c(C(=O)NCc2ccc(CN3CCC(O)CC3)cc2)cc1OC. The summed E-state index contributed by atoms with van der Waals surface area (Å²) in [5, 5.41) is 12.6. The standard InChI is InChI=1S/C23H30N2O5/c1-28-20-13-22(30-3)21(29-2)12-19(20)23(27)24-14-16-4-6-17(7-5-16)15-25-10-8-18(26)9-11-25/h4-7,12-13,18,26H,8-11,14-15H2,1-3H3,(H,24,27). The van der Waals surface area contributed by atoms with Crippen LogP contribution in [0.15, 0.2) is 36.4 Å². The normalized spacial score (nSPS) is 14.9. The molecule has 2 aromatic carbocycles. The number of aliphatic hydroxyl groups is 1. The summed E-state index contributed by atoms with van der Waals surface area (Å²) in [5.41, 5.74) is 2.63. The Labute approximate surface area is 177 Å². The maximum atomic E-state index is 12.7. The molecular formula is C23H30N2O5. The molecule has 1 fully saturated rings. The van der Waals surface area contributed by atoms with Crippen LogP contribution >= 0.6 is 0 Å². The summed E-state index contributed by atoms with van der Waals surface area (Å²) >= 11 is 0. The number of hydrogen-bond acceptors (Lipinski definition) is 6. The largest absolute Gasteiger partial charge is 0.496 e. The third-order valence-electron chi connectivity index (χ3n) is 5.39. The van der Waals surface area contributed by atoms with E-state index in [4.69, 9.17) is 14.2 Å². The molecule has 0 atom stereocenters. The Hall–Kier alpha value is -2.77. The fourth-order valence-electron chi connectivity index (χ4n) is 3.58. The molecule has 7 heteroatoms. The molecule has 1 heterocycles. The Morgan fingerprint density at radius 2 is 1.53 bits per heavy atom. The number of benzene rings is 2. The molecule has 1 saturated heterocycles. The zero-order chi connectivity index (χ0) is 21.5. The van der Waals surface area contributed by atoms with Gasteiger partial charge in [-0.05, 0) is 24.0 Å². The molecule has 0 radical (unpaired) electrons. The smallest absolute Gasteiger partial charge is 0.255 e. The number of methoxy groups -OCH3 is 3. The number of ether oxygens (including phenoxy) is 3. The fraction of sp³-hybridized carbons (Fsp3) is 0.435. The summed E-state index contributed by atoms with van der Waals surface area (Å²) in [6.07, 6.45) is 1.52. The van der Waals surface area contributed by atoms with Crippen LogP contribution in [-0.2, 0) is 13.1 Å². The highest BCUT2D eigenvalue weighted by Crippen LogP contribution is 2.34. The molecule has 7 nitrogen and oxygen atoms in total. The van der Waals surface area contributed by atoms with E-state index in [9.17, 15) is 9.90 Å². The van der Waals surface area contributed by atoms with E-state index in [0.717, 1.165) is 38.0 Å². The van der Waals surface area contributed by atoms with Gasteiger partial charge in [0.1, 0.15) is 5.75 Å². The van der Waals surface area contributed by atoms with Gasteiger partial charge in [0.05, 0.1) is 33.0 Å². The third-order valence-corrected chi connectivity index (χ3v) is 5.39. The van der Waals surface area contributed by atoms with Crippen molar-refractivity contribution in [1.29, 1.82) is 0 Å². The van der Waals surface area contributed by atoms with Crippen LogP contribution < -0.4 is 19.5 Å². The van der Waals surface area contributed by atoms with Crippen LogP contribution in [0.5, 0.6) is 17.2 Å². The molecule has 3 rings (SSSR count). The molecular weight excluding hydrogens is 384 g/mol. The summed E-state index contributed by atoms with van der Waals surface area (Å²) < 4.78 is 15.9. The van der Waals surface area contributed by atoms with E-state index in [-0.39, 0.29) is 12.0 Å². The molecule has 1 aliphatic heterocycles. The minimum atomic E-state index is -0.247. The van der Waals surface area contributed by atoms with E-state index in [2.05, 4.69) is 22.3 Å². The molecule has 0 unspecified atom stereocenters. The van der Waals surface area contributed by atoms with Crippen molar-refractivity contribution in [2.45, 2.75) is 32.0 Å². The van der Waals surface area contributed by atoms with Gasteiger partial charge in [-0.25, -0.2) is 0 Å². The molecule has 0 bridgehead atoms. The lowest BCUT2D eigenvalue weighted by atomic mass is 10.1. The van der Waals surface area contributed by atoms with Crippen molar-refractivity contribution in [1.82, 2.24) is 10.2 Å². The second-order valence-electron chi connectivity index (χ2n) is 7.41. The fourth-order valence-corrected chi connectivity index (χ4v) is 3.58. The molecule has 2 aromatic rings. The zero-order valence-corrected chi connectivity index (χ0v) is 17.8. The van der Waals surface area contributed by atoms with E-state index >= 15 is 0 Å². The molecule has 1 aliphatic rings. The first-order valence-electron chi connectivity index (χ1n) is 10.1.